The van der Waals surface area contributed by atoms with Gasteiger partial charge in [0.15, 0.2) is 0 Å². The summed E-state index contributed by atoms with van der Waals surface area (Å²) in [6, 6.07) is 3.09. The summed E-state index contributed by atoms with van der Waals surface area (Å²) in [5.41, 5.74) is 0.107. The molecular weight excluding hydrogens is 148 g/mol. The first-order valence-corrected chi connectivity index (χ1v) is 3.49. The van der Waals surface area contributed by atoms with Crippen molar-refractivity contribution < 1.29 is 0 Å². The topological polar surface area (TPSA) is 35.8 Å². The molecule has 1 aliphatic carbocycles. The molecule has 10 heavy (non-hydrogen) atoms. The monoisotopic (exact) mass is 158 g/mol. The number of rotatable bonds is 0. The van der Waals surface area contributed by atoms with Crippen LogP contribution in [0.5, 0.6) is 0 Å². The molecule has 0 aromatic heterocycles. The third-order valence-corrected chi connectivity index (χ3v) is 2.55. The quantitative estimate of drug-likeness (QED) is 0.573. The van der Waals surface area contributed by atoms with Crippen LogP contribution in [0.4, 0.5) is 0 Å². The van der Waals surface area contributed by atoms with Crippen molar-refractivity contribution in [1.82, 2.24) is 5.32 Å². The van der Waals surface area contributed by atoms with Crippen molar-refractivity contribution in [3.63, 3.8) is 0 Å². The van der Waals surface area contributed by atoms with Crippen molar-refractivity contribution in [3.8, 4) is 6.07 Å². The molecule has 1 N–H and O–H groups in total. The summed E-state index contributed by atoms with van der Waals surface area (Å²) in [4.78, 5) is 0. The second kappa shape index (κ2) is 2.41. The van der Waals surface area contributed by atoms with Gasteiger partial charge in [-0.05, 0) is 25.8 Å². The van der Waals surface area contributed by atoms with Gasteiger partial charge in [0.2, 0.25) is 0 Å². The largest absolute Gasteiger partial charge is 0.314 e. The highest BCUT2D eigenvalue weighted by molar-refractivity contribution is 5.85. The molecule has 0 atom stereocenters. The molecular formula is C7H11ClN2. The van der Waals surface area contributed by atoms with Crippen LogP contribution in [0.2, 0.25) is 0 Å². The summed E-state index contributed by atoms with van der Waals surface area (Å²) in [6.07, 6.45) is 3.27. The highest BCUT2D eigenvalue weighted by atomic mass is 35.5. The number of hydrogen-bond donors (Lipinski definition) is 1. The van der Waals surface area contributed by atoms with E-state index in [1.165, 1.54) is 0 Å². The van der Waals surface area contributed by atoms with Gasteiger partial charge in [0.25, 0.3) is 0 Å². The van der Waals surface area contributed by atoms with Gasteiger partial charge in [0, 0.05) is 6.04 Å². The molecule has 2 aliphatic heterocycles. The smallest absolute Gasteiger partial charge is 0.0691 e. The molecule has 0 aromatic rings. The summed E-state index contributed by atoms with van der Waals surface area (Å²) in [5.74, 6) is 0. The molecule has 1 saturated carbocycles. The third kappa shape index (κ3) is 0.902. The van der Waals surface area contributed by atoms with Gasteiger partial charge in [0.05, 0.1) is 11.5 Å². The number of hydrogen-bond acceptors (Lipinski definition) is 2. The maximum absolute atomic E-state index is 8.71. The number of nitrogens with zero attached hydrogens (tertiary/aromatic N) is 1. The first-order chi connectivity index (χ1) is 4.35. The fraction of sp³-hybridized carbons (Fsp3) is 0.857. The number of fused-ring (bicyclic) bond motifs is 2. The maximum Gasteiger partial charge on any atom is 0.0691 e. The molecule has 2 nitrogen and oxygen atoms in total. The SMILES string of the molecule is Cl.N#CC12CCNC(C1)C2. The van der Waals surface area contributed by atoms with Crippen LogP contribution >= 0.6 is 12.4 Å². The van der Waals surface area contributed by atoms with E-state index in [0.29, 0.717) is 6.04 Å². The number of piperidine rings is 2. The Morgan fingerprint density at radius 2 is 2.20 bits per heavy atom. The fourth-order valence-electron chi connectivity index (χ4n) is 1.89. The molecule has 0 unspecified atom stereocenters. The van der Waals surface area contributed by atoms with Crippen molar-refractivity contribution in [2.75, 3.05) is 6.54 Å². The Morgan fingerprint density at radius 1 is 1.50 bits per heavy atom. The van der Waals surface area contributed by atoms with E-state index < -0.39 is 0 Å². The Kier molecular flexibility index (Phi) is 1.89. The van der Waals surface area contributed by atoms with E-state index in [9.17, 15) is 0 Å². The lowest BCUT2D eigenvalue weighted by Crippen LogP contribution is -2.55. The summed E-state index contributed by atoms with van der Waals surface area (Å²) >= 11 is 0. The molecule has 0 aromatic carbocycles. The minimum Gasteiger partial charge on any atom is -0.314 e. The summed E-state index contributed by atoms with van der Waals surface area (Å²) in [7, 11) is 0. The van der Waals surface area contributed by atoms with Crippen LogP contribution in [0.25, 0.3) is 0 Å². The van der Waals surface area contributed by atoms with Gasteiger partial charge in [-0.15, -0.1) is 12.4 Å². The lowest BCUT2D eigenvalue weighted by Gasteiger charge is -2.48. The Morgan fingerprint density at radius 3 is 2.50 bits per heavy atom. The van der Waals surface area contributed by atoms with E-state index in [1.807, 2.05) is 0 Å². The normalized spacial score (nSPS) is 42.5. The van der Waals surface area contributed by atoms with Crippen molar-refractivity contribution in [2.24, 2.45) is 5.41 Å². The molecule has 2 saturated heterocycles. The van der Waals surface area contributed by atoms with E-state index in [-0.39, 0.29) is 17.8 Å². The van der Waals surface area contributed by atoms with Crippen LogP contribution in [-0.2, 0) is 0 Å². The Labute approximate surface area is 67.0 Å². The van der Waals surface area contributed by atoms with E-state index >= 15 is 0 Å². The standard InChI is InChI=1S/C7H10N2.ClH/c8-5-7-1-2-9-6(3-7)4-7;/h6,9H,1-4H2;1H. The van der Waals surface area contributed by atoms with Gasteiger partial charge < -0.3 is 5.32 Å². The van der Waals surface area contributed by atoms with E-state index in [2.05, 4.69) is 11.4 Å². The molecule has 3 heteroatoms. The van der Waals surface area contributed by atoms with E-state index in [1.54, 1.807) is 0 Å². The maximum atomic E-state index is 8.71. The van der Waals surface area contributed by atoms with Crippen molar-refractivity contribution in [1.29, 1.82) is 5.26 Å². The lowest BCUT2D eigenvalue weighted by atomic mass is 9.62. The number of nitrogens with one attached hydrogen (secondary N) is 1. The van der Waals surface area contributed by atoms with E-state index in [4.69, 9.17) is 5.26 Å². The molecule has 3 aliphatic rings. The fourth-order valence-corrected chi connectivity index (χ4v) is 1.89. The van der Waals surface area contributed by atoms with E-state index in [0.717, 1.165) is 25.8 Å². The average molecular weight is 159 g/mol. The zero-order valence-electron chi connectivity index (χ0n) is 5.76. The summed E-state index contributed by atoms with van der Waals surface area (Å²) < 4.78 is 0. The van der Waals surface area contributed by atoms with Crippen molar-refractivity contribution >= 4 is 12.4 Å². The Bertz CT molecular complexity index is 161. The number of nitriles is 1. The van der Waals surface area contributed by atoms with Crippen LogP contribution < -0.4 is 5.32 Å². The van der Waals surface area contributed by atoms with Crippen molar-refractivity contribution in [2.45, 2.75) is 25.3 Å². The molecule has 3 fully saturated rings. The van der Waals surface area contributed by atoms with Crippen LogP contribution in [0, 0.1) is 16.7 Å². The highest BCUT2D eigenvalue weighted by Gasteiger charge is 2.47. The summed E-state index contributed by atoms with van der Waals surface area (Å²) in [6.45, 7) is 1.05. The molecule has 2 bridgehead atoms. The summed E-state index contributed by atoms with van der Waals surface area (Å²) in [5, 5.41) is 12.1. The molecule has 0 spiro atoms. The van der Waals surface area contributed by atoms with Gasteiger partial charge >= 0.3 is 0 Å². The van der Waals surface area contributed by atoms with Crippen LogP contribution in [0.3, 0.4) is 0 Å². The molecule has 0 radical (unpaired) electrons. The van der Waals surface area contributed by atoms with Crippen molar-refractivity contribution in [3.05, 3.63) is 0 Å². The number of halogens is 1. The average Bonchev–Trinajstić information content (AvgIpc) is 1.88. The van der Waals surface area contributed by atoms with Gasteiger partial charge in [-0.25, -0.2) is 0 Å². The highest BCUT2D eigenvalue weighted by Crippen LogP contribution is 2.46. The second-order valence-electron chi connectivity index (χ2n) is 3.20. The molecule has 0 amide bonds. The molecule has 3 rings (SSSR count). The second-order valence-corrected chi connectivity index (χ2v) is 3.20. The zero-order valence-corrected chi connectivity index (χ0v) is 6.58. The molecule has 56 valence electrons. The third-order valence-electron chi connectivity index (χ3n) is 2.55. The van der Waals surface area contributed by atoms with Crippen LogP contribution in [0.15, 0.2) is 0 Å². The lowest BCUT2D eigenvalue weighted by molar-refractivity contribution is 0.0880. The Balaban J connectivity index is 0.000000500. The van der Waals surface area contributed by atoms with Gasteiger partial charge in [-0.3, -0.25) is 0 Å². The first kappa shape index (κ1) is 7.84. The Hall–Kier alpha value is -0.260. The van der Waals surface area contributed by atoms with Crippen LogP contribution in [-0.4, -0.2) is 12.6 Å². The predicted molar refractivity (Wildman–Crippen MR) is 40.9 cm³/mol. The molecule has 2 heterocycles. The first-order valence-electron chi connectivity index (χ1n) is 3.49. The van der Waals surface area contributed by atoms with Gasteiger partial charge in [-0.2, -0.15) is 5.26 Å². The van der Waals surface area contributed by atoms with Gasteiger partial charge in [0.1, 0.15) is 0 Å². The minimum absolute atomic E-state index is 0. The zero-order chi connectivity index (χ0) is 6.32. The van der Waals surface area contributed by atoms with Crippen LogP contribution in [0.1, 0.15) is 19.3 Å². The minimum atomic E-state index is 0. The predicted octanol–water partition coefficient (Wildman–Crippen LogP) is 1.07. The van der Waals surface area contributed by atoms with Gasteiger partial charge in [-0.1, -0.05) is 0 Å².